The molecule has 0 unspecified atom stereocenters. The Morgan fingerprint density at radius 2 is 2.00 bits per heavy atom. The number of benzene rings is 1. The van der Waals surface area contributed by atoms with Crippen LogP contribution in [0.5, 0.6) is 0 Å². The topological polar surface area (TPSA) is 98.4 Å². The van der Waals surface area contributed by atoms with Crippen molar-refractivity contribution in [1.82, 2.24) is 15.1 Å². The minimum atomic E-state index is -0.492. The average Bonchev–Trinajstić information content (AvgIpc) is 3.31. The maximum absolute atomic E-state index is 12.3. The van der Waals surface area contributed by atoms with Crippen LogP contribution in [0.3, 0.4) is 0 Å². The van der Waals surface area contributed by atoms with Crippen molar-refractivity contribution in [2.45, 2.75) is 6.54 Å². The number of carbonyl (C=O) groups is 2. The third kappa shape index (κ3) is 4.96. The number of ether oxygens (including phenoxy) is 1. The van der Waals surface area contributed by atoms with E-state index in [0.717, 1.165) is 0 Å². The first-order valence-electron chi connectivity index (χ1n) is 8.02. The number of thiocarbonyl (C=S) groups is 1. The number of hydrogen-bond donors (Lipinski definition) is 2. The third-order valence-corrected chi connectivity index (χ3v) is 4.00. The highest BCUT2D eigenvalue weighted by atomic mass is 35.5. The van der Waals surface area contributed by atoms with Crippen LogP contribution in [0.1, 0.15) is 26.7 Å². The highest BCUT2D eigenvalue weighted by Crippen LogP contribution is 2.13. The first-order chi connectivity index (χ1) is 13.4. The van der Waals surface area contributed by atoms with E-state index in [4.69, 9.17) is 28.2 Å². The summed E-state index contributed by atoms with van der Waals surface area (Å²) in [6.45, 7) is 0.342. The summed E-state index contributed by atoms with van der Waals surface area (Å²) in [5.74, 6) is -0.275. The summed E-state index contributed by atoms with van der Waals surface area (Å²) in [6.07, 6.45) is 3.16. The lowest BCUT2D eigenvalue weighted by molar-refractivity contribution is 0.0600. The van der Waals surface area contributed by atoms with Crippen LogP contribution in [0.15, 0.2) is 53.2 Å². The number of furan rings is 1. The lowest BCUT2D eigenvalue weighted by Gasteiger charge is -2.09. The number of amides is 1. The molecule has 0 aliphatic rings. The Morgan fingerprint density at radius 1 is 1.25 bits per heavy atom. The summed E-state index contributed by atoms with van der Waals surface area (Å²) in [6, 6.07) is 9.67. The van der Waals surface area contributed by atoms with Crippen molar-refractivity contribution in [1.29, 1.82) is 0 Å². The van der Waals surface area contributed by atoms with E-state index in [1.807, 2.05) is 0 Å². The molecule has 0 atom stereocenters. The number of esters is 1. The SMILES string of the molecule is COC(=O)c1ccc(NC(=S)NC(=O)c2ccc(Cn3cc(Cl)cn3)o2)cc1. The minimum absolute atomic E-state index is 0.0904. The zero-order valence-corrected chi connectivity index (χ0v) is 16.2. The van der Waals surface area contributed by atoms with E-state index in [1.54, 1.807) is 47.3 Å². The second-order valence-electron chi connectivity index (χ2n) is 5.60. The minimum Gasteiger partial charge on any atom is -0.465 e. The molecule has 2 N–H and O–H groups in total. The molecular weight excluding hydrogens is 404 g/mol. The molecule has 3 aromatic rings. The smallest absolute Gasteiger partial charge is 0.337 e. The molecule has 0 saturated carbocycles. The van der Waals surface area contributed by atoms with Crippen molar-refractivity contribution in [2.24, 2.45) is 0 Å². The number of rotatable bonds is 5. The van der Waals surface area contributed by atoms with Crippen LogP contribution in [0.4, 0.5) is 5.69 Å². The van der Waals surface area contributed by atoms with Gasteiger partial charge in [-0.2, -0.15) is 5.10 Å². The van der Waals surface area contributed by atoms with Crippen LogP contribution >= 0.6 is 23.8 Å². The Labute approximate surface area is 170 Å². The summed E-state index contributed by atoms with van der Waals surface area (Å²) in [5.41, 5.74) is 1.01. The highest BCUT2D eigenvalue weighted by molar-refractivity contribution is 7.80. The predicted octanol–water partition coefficient (Wildman–Crippen LogP) is 3.09. The molecule has 3 rings (SSSR count). The lowest BCUT2D eigenvalue weighted by Crippen LogP contribution is -2.33. The molecule has 0 spiro atoms. The molecule has 1 aromatic carbocycles. The van der Waals surface area contributed by atoms with Gasteiger partial charge in [0.2, 0.25) is 0 Å². The standard InChI is InChI=1S/C18H15ClN4O4S/c1-26-17(25)11-2-4-13(5-3-11)21-18(28)22-16(24)15-7-6-14(27-15)10-23-9-12(19)8-20-23/h2-9H,10H2,1H3,(H2,21,22,24,28). The molecule has 0 saturated heterocycles. The molecule has 0 aliphatic heterocycles. The van der Waals surface area contributed by atoms with Gasteiger partial charge in [0.05, 0.1) is 30.4 Å². The number of hydrogen-bond acceptors (Lipinski definition) is 6. The molecule has 0 fully saturated rings. The summed E-state index contributed by atoms with van der Waals surface area (Å²) in [7, 11) is 1.31. The monoisotopic (exact) mass is 418 g/mol. The second-order valence-corrected chi connectivity index (χ2v) is 6.44. The van der Waals surface area contributed by atoms with E-state index < -0.39 is 11.9 Å². The molecule has 0 aliphatic carbocycles. The zero-order valence-electron chi connectivity index (χ0n) is 14.6. The Bertz CT molecular complexity index is 1010. The van der Waals surface area contributed by atoms with E-state index in [-0.39, 0.29) is 10.9 Å². The van der Waals surface area contributed by atoms with Crippen molar-refractivity contribution < 1.29 is 18.7 Å². The van der Waals surface area contributed by atoms with Crippen LogP contribution in [-0.2, 0) is 11.3 Å². The van der Waals surface area contributed by atoms with E-state index in [0.29, 0.717) is 28.6 Å². The summed E-state index contributed by atoms with van der Waals surface area (Å²) in [5, 5.41) is 10.0. The molecule has 2 aromatic heterocycles. The fraction of sp³-hybridized carbons (Fsp3) is 0.111. The van der Waals surface area contributed by atoms with Gasteiger partial charge in [-0.1, -0.05) is 11.6 Å². The lowest BCUT2D eigenvalue weighted by atomic mass is 10.2. The maximum Gasteiger partial charge on any atom is 0.337 e. The van der Waals surface area contributed by atoms with E-state index in [1.165, 1.54) is 13.3 Å². The Kier molecular flexibility index (Phi) is 6.07. The van der Waals surface area contributed by atoms with Crippen LogP contribution in [0, 0.1) is 0 Å². The summed E-state index contributed by atoms with van der Waals surface area (Å²) < 4.78 is 11.7. The van der Waals surface area contributed by atoms with Crippen molar-refractivity contribution in [3.8, 4) is 0 Å². The number of anilines is 1. The van der Waals surface area contributed by atoms with Crippen molar-refractivity contribution in [3.05, 3.63) is 70.9 Å². The molecule has 0 bridgehead atoms. The number of nitrogens with zero attached hydrogens (tertiary/aromatic N) is 2. The Morgan fingerprint density at radius 3 is 2.64 bits per heavy atom. The normalized spacial score (nSPS) is 10.4. The molecule has 2 heterocycles. The summed E-state index contributed by atoms with van der Waals surface area (Å²) >= 11 is 10.9. The van der Waals surface area contributed by atoms with Crippen LogP contribution in [0.25, 0.3) is 0 Å². The fourth-order valence-corrected chi connectivity index (χ4v) is 2.67. The van der Waals surface area contributed by atoms with Gasteiger partial charge in [0.25, 0.3) is 5.91 Å². The number of aromatic nitrogens is 2. The van der Waals surface area contributed by atoms with Gasteiger partial charge >= 0.3 is 5.97 Å². The first-order valence-corrected chi connectivity index (χ1v) is 8.80. The van der Waals surface area contributed by atoms with Crippen molar-refractivity contribution in [2.75, 3.05) is 12.4 Å². The third-order valence-electron chi connectivity index (χ3n) is 3.60. The van der Waals surface area contributed by atoms with Crippen LogP contribution in [0.2, 0.25) is 5.02 Å². The molecule has 10 heteroatoms. The summed E-state index contributed by atoms with van der Waals surface area (Å²) in [4.78, 5) is 23.7. The molecule has 28 heavy (non-hydrogen) atoms. The van der Waals surface area contributed by atoms with Gasteiger partial charge in [-0.25, -0.2) is 4.79 Å². The molecule has 1 amide bonds. The zero-order chi connectivity index (χ0) is 20.1. The van der Waals surface area contributed by atoms with Crippen LogP contribution in [-0.4, -0.2) is 33.9 Å². The fourth-order valence-electron chi connectivity index (χ4n) is 2.30. The molecular formula is C18H15ClN4O4S. The predicted molar refractivity (Wildman–Crippen MR) is 107 cm³/mol. The highest BCUT2D eigenvalue weighted by Gasteiger charge is 2.14. The largest absolute Gasteiger partial charge is 0.465 e. The first kappa shape index (κ1) is 19.6. The average molecular weight is 419 g/mol. The number of methoxy groups -OCH3 is 1. The molecule has 0 radical (unpaired) electrons. The number of carbonyl (C=O) groups excluding carboxylic acids is 2. The number of nitrogens with one attached hydrogen (secondary N) is 2. The van der Waals surface area contributed by atoms with Crippen LogP contribution < -0.4 is 10.6 Å². The second kappa shape index (κ2) is 8.68. The van der Waals surface area contributed by atoms with Gasteiger partial charge in [-0.05, 0) is 48.6 Å². The van der Waals surface area contributed by atoms with Gasteiger partial charge in [0.15, 0.2) is 10.9 Å². The van der Waals surface area contributed by atoms with Gasteiger partial charge in [-0.3, -0.25) is 14.8 Å². The van der Waals surface area contributed by atoms with Crippen molar-refractivity contribution in [3.63, 3.8) is 0 Å². The van der Waals surface area contributed by atoms with E-state index >= 15 is 0 Å². The molecule has 8 nitrogen and oxygen atoms in total. The van der Waals surface area contributed by atoms with E-state index in [2.05, 4.69) is 20.5 Å². The van der Waals surface area contributed by atoms with Gasteiger partial charge in [-0.15, -0.1) is 0 Å². The van der Waals surface area contributed by atoms with E-state index in [9.17, 15) is 9.59 Å². The van der Waals surface area contributed by atoms with Crippen molar-refractivity contribution >= 4 is 46.5 Å². The Balaban J connectivity index is 1.55. The van der Waals surface area contributed by atoms with Gasteiger partial charge in [0, 0.05) is 11.9 Å². The van der Waals surface area contributed by atoms with Gasteiger partial charge < -0.3 is 14.5 Å². The quantitative estimate of drug-likeness (QED) is 0.485. The Hall–Kier alpha value is -3.17. The maximum atomic E-state index is 12.3. The number of halogens is 1. The van der Waals surface area contributed by atoms with Gasteiger partial charge in [0.1, 0.15) is 5.76 Å². The molecule has 144 valence electrons.